The van der Waals surface area contributed by atoms with E-state index >= 15 is 0 Å². The number of rotatable bonds is 14. The van der Waals surface area contributed by atoms with Gasteiger partial charge in [-0.2, -0.15) is 0 Å². The van der Waals surface area contributed by atoms with Crippen LogP contribution in [0.5, 0.6) is 0 Å². The van der Waals surface area contributed by atoms with Crippen molar-refractivity contribution in [2.75, 3.05) is 4.90 Å². The molecule has 2 heteroatoms. The molecule has 0 saturated heterocycles. The maximum atomic E-state index is 2.64. The molecule has 0 aromatic heterocycles. The summed E-state index contributed by atoms with van der Waals surface area (Å²) in [5.41, 5.74) is 19.5. The molecule has 2 aliphatic rings. The number of anilines is 3. The average molecular weight is 970 g/mol. The molecule has 0 saturated carbocycles. The summed E-state index contributed by atoms with van der Waals surface area (Å²) >= 11 is 0. The van der Waals surface area contributed by atoms with Gasteiger partial charge in [0.2, 0.25) is 0 Å². The molecule has 0 N–H and O–H groups in total. The normalized spacial score (nSPS) is 13.8. The van der Waals surface area contributed by atoms with Crippen molar-refractivity contribution >= 4 is 58.0 Å². The Labute approximate surface area is 440 Å². The first-order valence-electron chi connectivity index (χ1n) is 26.9. The van der Waals surface area contributed by atoms with Gasteiger partial charge in [0.05, 0.1) is 0 Å². The van der Waals surface area contributed by atoms with E-state index in [-0.39, 0.29) is 10.8 Å². The fraction of sp³-hybridized carbons (Fsp3) is 0.139. The molecule has 0 fully saturated rings. The van der Waals surface area contributed by atoms with Crippen LogP contribution in [0.1, 0.15) is 86.8 Å². The van der Waals surface area contributed by atoms with Crippen molar-refractivity contribution in [2.24, 2.45) is 0 Å². The van der Waals surface area contributed by atoms with E-state index in [0.29, 0.717) is 0 Å². The van der Waals surface area contributed by atoms with Crippen molar-refractivity contribution in [1.82, 2.24) is 0 Å². The summed E-state index contributed by atoms with van der Waals surface area (Å²) in [6.07, 6.45) is 8.73. The lowest BCUT2D eigenvalue weighted by Gasteiger charge is -2.36. The molecule has 1 nitrogen and oxygen atoms in total. The number of nitrogens with zero attached hydrogens (tertiary/aromatic N) is 1. The molecular formula is C72H63NSi. The highest BCUT2D eigenvalue weighted by Gasteiger charge is 2.46. The fourth-order valence-electron chi connectivity index (χ4n) is 13.4. The Morgan fingerprint density at radius 1 is 0.311 bits per heavy atom. The summed E-state index contributed by atoms with van der Waals surface area (Å²) < 4.78 is 0. The van der Waals surface area contributed by atoms with E-state index in [4.69, 9.17) is 0 Å². The highest BCUT2D eigenvalue weighted by molar-refractivity contribution is 7.19. The van der Waals surface area contributed by atoms with Crippen LogP contribution >= 0.6 is 0 Å². The first kappa shape index (κ1) is 47.0. The lowest BCUT2D eigenvalue weighted by atomic mass is 9.73. The maximum Gasteiger partial charge on any atom is 0.179 e. The Hall–Kier alpha value is -8.04. The van der Waals surface area contributed by atoms with E-state index in [2.05, 4.69) is 293 Å². The summed E-state index contributed by atoms with van der Waals surface area (Å²) in [6.45, 7) is 9.53. The third-order valence-corrected chi connectivity index (χ3v) is 21.9. The quantitative estimate of drug-likeness (QED) is 0.0596. The largest absolute Gasteiger partial charge is 0.310 e. The SMILES string of the molecule is CCC1(CC)c2cc(/C=C/c3cccc(-c4ccc5c(c4)C(CC)(CC)c4cc([Si](c6ccccc6)(c6ccccc6)c6ccccc6)ccc4-5)c3)ccc2-c2ccc(N(c3ccccc3)c3ccccc3)cc21. The number of hydrogen-bond donors (Lipinski definition) is 0. The molecule has 10 aromatic carbocycles. The Morgan fingerprint density at radius 2 is 0.716 bits per heavy atom. The van der Waals surface area contributed by atoms with E-state index in [1.165, 1.54) is 93.2 Å². The van der Waals surface area contributed by atoms with Crippen LogP contribution < -0.4 is 25.6 Å². The molecule has 0 atom stereocenters. The third-order valence-electron chi connectivity index (χ3n) is 17.2. The predicted molar refractivity (Wildman–Crippen MR) is 319 cm³/mol. The number of benzene rings is 10. The van der Waals surface area contributed by atoms with Gasteiger partial charge in [-0.3, -0.25) is 0 Å². The summed E-state index contributed by atoms with van der Waals surface area (Å²) in [5.74, 6) is 0. The van der Waals surface area contributed by atoms with E-state index in [1.54, 1.807) is 0 Å². The zero-order valence-electron chi connectivity index (χ0n) is 43.1. The van der Waals surface area contributed by atoms with E-state index < -0.39 is 8.07 Å². The number of hydrogen-bond acceptors (Lipinski definition) is 1. The van der Waals surface area contributed by atoms with E-state index in [9.17, 15) is 0 Å². The molecule has 0 heterocycles. The van der Waals surface area contributed by atoms with Gasteiger partial charge in [0.15, 0.2) is 8.07 Å². The van der Waals surface area contributed by atoms with Gasteiger partial charge in [-0.25, -0.2) is 0 Å². The molecule has 0 spiro atoms. The zero-order valence-corrected chi connectivity index (χ0v) is 44.1. The molecule has 0 aliphatic heterocycles. The van der Waals surface area contributed by atoms with Crippen molar-refractivity contribution in [3.8, 4) is 33.4 Å². The summed E-state index contributed by atoms with van der Waals surface area (Å²) in [5, 5.41) is 5.65. The lowest BCUT2D eigenvalue weighted by molar-refractivity contribution is 0.490. The molecule has 0 bridgehead atoms. The summed E-state index contributed by atoms with van der Waals surface area (Å²) in [7, 11) is -2.70. The highest BCUT2D eigenvalue weighted by atomic mass is 28.3. The molecule has 360 valence electrons. The lowest BCUT2D eigenvalue weighted by Crippen LogP contribution is -2.74. The van der Waals surface area contributed by atoms with Crippen LogP contribution in [0.2, 0.25) is 0 Å². The monoisotopic (exact) mass is 969 g/mol. The van der Waals surface area contributed by atoms with E-state index in [1.807, 2.05) is 0 Å². The predicted octanol–water partition coefficient (Wildman–Crippen LogP) is 16.5. The van der Waals surface area contributed by atoms with Crippen molar-refractivity contribution in [1.29, 1.82) is 0 Å². The number of para-hydroxylation sites is 2. The molecule has 0 amide bonds. The molecular weight excluding hydrogens is 907 g/mol. The Bertz CT molecular complexity index is 3510. The van der Waals surface area contributed by atoms with Gasteiger partial charge in [0.25, 0.3) is 0 Å². The first-order valence-corrected chi connectivity index (χ1v) is 28.9. The highest BCUT2D eigenvalue weighted by Crippen LogP contribution is 2.55. The molecule has 0 radical (unpaired) electrons. The summed E-state index contributed by atoms with van der Waals surface area (Å²) in [6, 6.07) is 93.8. The van der Waals surface area contributed by atoms with Crippen LogP contribution in [0.25, 0.3) is 45.5 Å². The second-order valence-electron chi connectivity index (χ2n) is 20.4. The van der Waals surface area contributed by atoms with Gasteiger partial charge in [0, 0.05) is 27.9 Å². The van der Waals surface area contributed by atoms with Crippen LogP contribution in [0.4, 0.5) is 17.1 Å². The summed E-state index contributed by atoms with van der Waals surface area (Å²) in [4.78, 5) is 2.39. The molecule has 12 rings (SSSR count). The van der Waals surface area contributed by atoms with Crippen LogP contribution in [-0.2, 0) is 10.8 Å². The minimum atomic E-state index is -2.70. The van der Waals surface area contributed by atoms with Crippen molar-refractivity contribution in [3.05, 3.63) is 282 Å². The van der Waals surface area contributed by atoms with Gasteiger partial charge in [-0.05, 0) is 162 Å². The topological polar surface area (TPSA) is 3.24 Å². The van der Waals surface area contributed by atoms with Gasteiger partial charge >= 0.3 is 0 Å². The minimum Gasteiger partial charge on any atom is -0.310 e. The van der Waals surface area contributed by atoms with Crippen molar-refractivity contribution < 1.29 is 0 Å². The molecule has 2 aliphatic carbocycles. The molecule has 10 aromatic rings. The average Bonchev–Trinajstić information content (AvgIpc) is 3.93. The zero-order chi connectivity index (χ0) is 50.3. The Balaban J connectivity index is 0.873. The van der Waals surface area contributed by atoms with Crippen molar-refractivity contribution in [3.63, 3.8) is 0 Å². The third kappa shape index (κ3) is 7.57. The van der Waals surface area contributed by atoms with Crippen LogP contribution in [0.3, 0.4) is 0 Å². The minimum absolute atomic E-state index is 0.0821. The van der Waals surface area contributed by atoms with Gasteiger partial charge in [-0.15, -0.1) is 0 Å². The maximum absolute atomic E-state index is 2.70. The van der Waals surface area contributed by atoms with Gasteiger partial charge in [-0.1, -0.05) is 240 Å². The van der Waals surface area contributed by atoms with Crippen LogP contribution in [-0.4, -0.2) is 8.07 Å². The second-order valence-corrected chi connectivity index (χ2v) is 24.3. The fourth-order valence-corrected chi connectivity index (χ4v) is 18.1. The second kappa shape index (κ2) is 19.4. The standard InChI is InChI=1S/C72H63NSi/c1-5-71(6-2)67-48-53(39-43-63(67)65-45-41-58(50-69(65)71)73(56-27-14-9-15-28-56)57-29-16-10-17-30-57)38-37-52-25-24-26-54(47-52)55-40-44-64-66-46-42-62(51-70(66)72(7-3,8-4)68(64)49-55)74(59-31-18-11-19-32-59,60-33-20-12-21-34-60)61-35-22-13-23-36-61/h9-51H,5-8H2,1-4H3/b38-37+. The van der Waals surface area contributed by atoms with Gasteiger partial charge < -0.3 is 4.90 Å². The molecule has 74 heavy (non-hydrogen) atoms. The molecule has 0 unspecified atom stereocenters. The van der Waals surface area contributed by atoms with Crippen molar-refractivity contribution in [2.45, 2.75) is 64.2 Å². The van der Waals surface area contributed by atoms with Crippen LogP contribution in [0.15, 0.2) is 249 Å². The van der Waals surface area contributed by atoms with Crippen LogP contribution in [0, 0.1) is 0 Å². The van der Waals surface area contributed by atoms with E-state index in [0.717, 1.165) is 37.1 Å². The Kier molecular flexibility index (Phi) is 12.3. The number of fused-ring (bicyclic) bond motifs is 6. The first-order chi connectivity index (χ1) is 36.4. The van der Waals surface area contributed by atoms with Gasteiger partial charge in [0.1, 0.15) is 0 Å². The smallest absolute Gasteiger partial charge is 0.179 e. The Morgan fingerprint density at radius 3 is 1.23 bits per heavy atom.